The van der Waals surface area contributed by atoms with Gasteiger partial charge in [-0.2, -0.15) is 36.2 Å². The smallest absolute Gasteiger partial charge is 0.336 e. The Hall–Kier alpha value is -3.85. The number of thiol groups is 1. The Morgan fingerprint density at radius 2 is 0.895 bits per heavy atom. The zero-order chi connectivity index (χ0) is 40.5. The fraction of sp³-hybridized carbons (Fsp3) is 0.722. The van der Waals surface area contributed by atoms with E-state index >= 15 is 0 Å². The number of ether oxygens (including phenoxy) is 5. The van der Waals surface area contributed by atoms with Crippen LogP contribution in [-0.4, -0.2) is 103 Å². The minimum absolute atomic E-state index is 0.00620. The van der Waals surface area contributed by atoms with Crippen molar-refractivity contribution in [1.82, 2.24) is 13.7 Å². The zero-order valence-corrected chi connectivity index (χ0v) is 33.3. The van der Waals surface area contributed by atoms with E-state index < -0.39 is 83.8 Å². The molecule has 1 aromatic heterocycles. The largest absolute Gasteiger partial charge is 0.464 e. The van der Waals surface area contributed by atoms with E-state index in [1.54, 1.807) is 0 Å². The van der Waals surface area contributed by atoms with Crippen molar-refractivity contribution in [3.8, 4) is 0 Å². The van der Waals surface area contributed by atoms with Gasteiger partial charge in [-0.05, 0) is 49.4 Å². The Balaban J connectivity index is 0.896. The molecular weight excluding hydrogens is 811 g/mol. The van der Waals surface area contributed by atoms with Crippen LogP contribution in [0.1, 0.15) is 44.9 Å². The van der Waals surface area contributed by atoms with E-state index in [4.69, 9.17) is 23.7 Å². The van der Waals surface area contributed by atoms with Crippen molar-refractivity contribution in [3.63, 3.8) is 0 Å². The molecule has 6 aliphatic rings. The van der Waals surface area contributed by atoms with E-state index in [0.29, 0.717) is 16.1 Å². The van der Waals surface area contributed by atoms with Gasteiger partial charge in [0.1, 0.15) is 19.8 Å². The van der Waals surface area contributed by atoms with Crippen LogP contribution in [0.3, 0.4) is 0 Å². The van der Waals surface area contributed by atoms with Crippen LogP contribution < -0.4 is 17.1 Å². The van der Waals surface area contributed by atoms with Gasteiger partial charge in [0, 0.05) is 27.8 Å². The molecule has 10 atom stereocenters. The first-order chi connectivity index (χ1) is 27.4. The molecule has 4 bridgehead atoms. The van der Waals surface area contributed by atoms with Gasteiger partial charge >= 0.3 is 58.9 Å². The van der Waals surface area contributed by atoms with Crippen LogP contribution in [-0.2, 0) is 76.9 Å². The van der Waals surface area contributed by atoms with Crippen molar-refractivity contribution in [1.29, 1.82) is 0 Å². The quantitative estimate of drug-likeness (QED) is 0.0823. The maximum Gasteiger partial charge on any atom is 0.336 e. The third-order valence-electron chi connectivity index (χ3n) is 12.1. The second kappa shape index (κ2) is 17.6. The normalized spacial score (nSPS) is 30.3. The lowest BCUT2D eigenvalue weighted by atomic mass is 9.81. The Kier molecular flexibility index (Phi) is 12.7. The third kappa shape index (κ3) is 8.37. The molecule has 18 nitrogen and oxygen atoms in total. The molecule has 310 valence electrons. The van der Waals surface area contributed by atoms with E-state index in [9.17, 15) is 47.9 Å². The average Bonchev–Trinajstić information content (AvgIpc) is 4.02. The predicted octanol–water partition coefficient (Wildman–Crippen LogP) is -0.184. The van der Waals surface area contributed by atoms with Gasteiger partial charge in [-0.15, -0.1) is 0 Å². The summed E-state index contributed by atoms with van der Waals surface area (Å²) in [6.45, 7) is -2.24. The first-order valence-corrected chi connectivity index (χ1v) is 21.9. The van der Waals surface area contributed by atoms with Gasteiger partial charge < -0.3 is 23.7 Å². The molecule has 0 spiro atoms. The highest BCUT2D eigenvalue weighted by Crippen LogP contribution is 2.59. The molecule has 0 radical (unpaired) electrons. The van der Waals surface area contributed by atoms with Gasteiger partial charge in [0.2, 0.25) is 0 Å². The van der Waals surface area contributed by atoms with Gasteiger partial charge in [0.05, 0.1) is 62.6 Å². The summed E-state index contributed by atoms with van der Waals surface area (Å²) in [7, 11) is 0. The molecular formula is C36H43N3O15S3. The molecule has 2 saturated heterocycles. The SMILES string of the molecule is O=C(CCS)OCCn1c(=O)n(CCOC(=O)CCSC2CC3CC2C2C(=O)OC(=O)C32)c(=O)n(CCOC(=O)CCSC2CC3CC2C2C(=O)OC(=O)C32)c1=O. The molecule has 4 aliphatic carbocycles. The van der Waals surface area contributed by atoms with Crippen molar-refractivity contribution in [3.05, 3.63) is 31.5 Å². The summed E-state index contributed by atoms with van der Waals surface area (Å²) in [5.41, 5.74) is -3.02. The lowest BCUT2D eigenvalue weighted by molar-refractivity contribution is -0.156. The number of cyclic esters (lactones) is 4. The number of esters is 7. The second-order valence-electron chi connectivity index (χ2n) is 15.1. The summed E-state index contributed by atoms with van der Waals surface area (Å²) in [6.07, 6.45) is 3.13. The Labute approximate surface area is 338 Å². The fourth-order valence-electron chi connectivity index (χ4n) is 9.68. The molecule has 10 unspecified atom stereocenters. The molecule has 2 aliphatic heterocycles. The molecule has 1 aromatic rings. The number of rotatable bonds is 19. The molecule has 4 saturated carbocycles. The second-order valence-corrected chi connectivity index (χ2v) is 18.3. The summed E-state index contributed by atoms with van der Waals surface area (Å²) in [6, 6.07) is 0. The molecule has 57 heavy (non-hydrogen) atoms. The van der Waals surface area contributed by atoms with Gasteiger partial charge in [-0.25, -0.2) is 28.1 Å². The highest BCUT2D eigenvalue weighted by atomic mass is 32.2. The van der Waals surface area contributed by atoms with E-state index in [0.717, 1.165) is 34.8 Å². The molecule has 0 N–H and O–H groups in total. The number of hydrogen-bond donors (Lipinski definition) is 1. The minimum atomic E-state index is -1.01. The van der Waals surface area contributed by atoms with Crippen LogP contribution in [0, 0.1) is 47.3 Å². The average molecular weight is 854 g/mol. The Morgan fingerprint density at radius 3 is 1.26 bits per heavy atom. The number of aromatic nitrogens is 3. The van der Waals surface area contributed by atoms with Crippen molar-refractivity contribution < 1.29 is 57.2 Å². The third-order valence-corrected chi connectivity index (χ3v) is 15.1. The molecule has 0 amide bonds. The van der Waals surface area contributed by atoms with E-state index in [2.05, 4.69) is 12.6 Å². The number of carbonyl (C=O) groups is 7. The maximum absolute atomic E-state index is 13.4. The molecule has 7 rings (SSSR count). The van der Waals surface area contributed by atoms with Crippen molar-refractivity contribution >= 4 is 77.9 Å². The number of thioether (sulfide) groups is 2. The van der Waals surface area contributed by atoms with Crippen molar-refractivity contribution in [2.75, 3.05) is 37.1 Å². The highest BCUT2D eigenvalue weighted by Gasteiger charge is 2.64. The maximum atomic E-state index is 13.4. The lowest BCUT2D eigenvalue weighted by Crippen LogP contribution is -2.55. The van der Waals surface area contributed by atoms with Crippen LogP contribution in [0.5, 0.6) is 0 Å². The predicted molar refractivity (Wildman–Crippen MR) is 201 cm³/mol. The number of fused-ring (bicyclic) bond motifs is 10. The number of nitrogens with zero attached hydrogens (tertiary/aromatic N) is 3. The number of hydrogen-bond acceptors (Lipinski definition) is 18. The van der Waals surface area contributed by atoms with E-state index in [1.807, 2.05) is 0 Å². The van der Waals surface area contributed by atoms with Crippen LogP contribution >= 0.6 is 36.2 Å². The van der Waals surface area contributed by atoms with Gasteiger partial charge in [-0.3, -0.25) is 33.6 Å². The van der Waals surface area contributed by atoms with E-state index in [1.165, 1.54) is 23.5 Å². The van der Waals surface area contributed by atoms with Gasteiger partial charge in [-0.1, -0.05) is 0 Å². The molecule has 6 fully saturated rings. The Bertz CT molecular complexity index is 1890. The Morgan fingerprint density at radius 1 is 0.544 bits per heavy atom. The highest BCUT2D eigenvalue weighted by molar-refractivity contribution is 8.00. The summed E-state index contributed by atoms with van der Waals surface area (Å²) < 4.78 is 27.5. The lowest BCUT2D eigenvalue weighted by Gasteiger charge is -2.26. The van der Waals surface area contributed by atoms with Crippen LogP contribution in [0.15, 0.2) is 14.4 Å². The van der Waals surface area contributed by atoms with Crippen LogP contribution in [0.25, 0.3) is 0 Å². The number of carbonyl (C=O) groups excluding carboxylic acids is 7. The van der Waals surface area contributed by atoms with Crippen molar-refractivity contribution in [2.24, 2.45) is 47.3 Å². The zero-order valence-electron chi connectivity index (χ0n) is 30.8. The van der Waals surface area contributed by atoms with Gasteiger partial charge in [0.15, 0.2) is 0 Å². The van der Waals surface area contributed by atoms with Crippen molar-refractivity contribution in [2.45, 2.75) is 75.1 Å². The standard InChI is InChI=1S/C36H43N3O15S3/c40-23(1-10-55)50-7-4-37-34(47)38(5-8-51-24(41)2-11-56-21-15-17-13-19(21)28-26(17)30(43)53-32(28)45)36(49)39(35(37)48)6-9-52-25(42)3-12-57-22-16-18-14-20(22)29-27(18)31(44)54-33(29)46/h17-22,26-29,55H,1-16H2. The summed E-state index contributed by atoms with van der Waals surface area (Å²) in [5.74, 6) is -3.83. The summed E-state index contributed by atoms with van der Waals surface area (Å²) >= 11 is 7.05. The molecule has 3 heterocycles. The minimum Gasteiger partial charge on any atom is -0.464 e. The first-order valence-electron chi connectivity index (χ1n) is 19.1. The van der Waals surface area contributed by atoms with E-state index in [-0.39, 0.29) is 97.4 Å². The topological polar surface area (TPSA) is 232 Å². The summed E-state index contributed by atoms with van der Waals surface area (Å²) in [4.78, 5) is 126. The fourth-order valence-corrected chi connectivity index (χ4v) is 12.9. The first kappa shape index (κ1) is 41.3. The molecule has 21 heteroatoms. The van der Waals surface area contributed by atoms with Crippen LogP contribution in [0.4, 0.5) is 0 Å². The summed E-state index contributed by atoms with van der Waals surface area (Å²) in [5, 5.41) is 0.223. The van der Waals surface area contributed by atoms with Gasteiger partial charge in [0.25, 0.3) is 0 Å². The van der Waals surface area contributed by atoms with Crippen LogP contribution in [0.2, 0.25) is 0 Å². The molecule has 0 aromatic carbocycles. The monoisotopic (exact) mass is 853 g/mol.